The van der Waals surface area contributed by atoms with Gasteiger partial charge in [-0.3, -0.25) is 10.1 Å². The smallest absolute Gasteiger partial charge is 0.287 e. The summed E-state index contributed by atoms with van der Waals surface area (Å²) in [5.74, 6) is 0.414. The highest BCUT2D eigenvalue weighted by Crippen LogP contribution is 2.33. The maximum Gasteiger partial charge on any atom is 0.287 e. The fourth-order valence-electron chi connectivity index (χ4n) is 0.998. The number of benzene rings is 1. The third-order valence-corrected chi connectivity index (χ3v) is 2.50. The summed E-state index contributed by atoms with van der Waals surface area (Å²) in [6.07, 6.45) is 0.495. The summed E-state index contributed by atoms with van der Waals surface area (Å²) >= 11 is 3.10. The summed E-state index contributed by atoms with van der Waals surface area (Å²) in [7, 11) is 0. The number of hydrogen-bond acceptors (Lipinski definition) is 4. The zero-order valence-electron chi connectivity index (χ0n) is 7.85. The zero-order valence-corrected chi connectivity index (χ0v) is 9.44. The van der Waals surface area contributed by atoms with E-state index in [-0.39, 0.29) is 12.3 Å². The Morgan fingerprint density at radius 1 is 1.53 bits per heavy atom. The molecule has 0 saturated carbocycles. The molecule has 0 fully saturated rings. The molecule has 1 rings (SSSR count). The number of rotatable bonds is 5. The fourth-order valence-corrected chi connectivity index (χ4v) is 1.52. The third kappa shape index (κ3) is 3.17. The lowest BCUT2D eigenvalue weighted by molar-refractivity contribution is -0.385. The van der Waals surface area contributed by atoms with Crippen LogP contribution in [0.15, 0.2) is 22.7 Å². The minimum atomic E-state index is -0.483. The second-order valence-corrected chi connectivity index (χ2v) is 3.56. The van der Waals surface area contributed by atoms with Gasteiger partial charge < -0.3 is 9.84 Å². The minimum absolute atomic E-state index is 0.0310. The molecule has 0 aliphatic heterocycles. The summed E-state index contributed by atoms with van der Waals surface area (Å²) in [6.45, 7) is 0.364. The Bertz CT molecular complexity index is 356. The van der Waals surface area contributed by atoms with Gasteiger partial charge >= 0.3 is 0 Å². The van der Waals surface area contributed by atoms with E-state index in [4.69, 9.17) is 9.84 Å². The van der Waals surface area contributed by atoms with Gasteiger partial charge in [0.25, 0.3) is 5.69 Å². The standard InChI is InChI=1S/C9H10BrNO4/c10-9-7(11(13)14)3-1-4-8(9)15-6-2-5-12/h1,3-4,12H,2,5-6H2. The highest BCUT2D eigenvalue weighted by atomic mass is 79.9. The SMILES string of the molecule is O=[N+]([O-])c1cccc(OCCCO)c1Br. The van der Waals surface area contributed by atoms with Gasteiger partial charge in [-0.25, -0.2) is 0 Å². The van der Waals surface area contributed by atoms with Crippen LogP contribution in [0.1, 0.15) is 6.42 Å². The number of nitro benzene ring substituents is 1. The number of hydrogen-bond donors (Lipinski definition) is 1. The van der Waals surface area contributed by atoms with Gasteiger partial charge in [-0.2, -0.15) is 0 Å². The van der Waals surface area contributed by atoms with Crippen LogP contribution in [0.25, 0.3) is 0 Å². The van der Waals surface area contributed by atoms with Crippen LogP contribution in [0.4, 0.5) is 5.69 Å². The van der Waals surface area contributed by atoms with E-state index < -0.39 is 4.92 Å². The Kier molecular flexibility index (Phi) is 4.51. The Morgan fingerprint density at radius 2 is 2.27 bits per heavy atom. The van der Waals surface area contributed by atoms with Gasteiger partial charge in [0, 0.05) is 19.1 Å². The van der Waals surface area contributed by atoms with Crippen molar-refractivity contribution in [1.82, 2.24) is 0 Å². The lowest BCUT2D eigenvalue weighted by Crippen LogP contribution is -2.01. The number of aliphatic hydroxyl groups excluding tert-OH is 1. The largest absolute Gasteiger partial charge is 0.492 e. The molecule has 0 bridgehead atoms. The van der Waals surface area contributed by atoms with Crippen molar-refractivity contribution in [2.45, 2.75) is 6.42 Å². The van der Waals surface area contributed by atoms with Crippen molar-refractivity contribution in [1.29, 1.82) is 0 Å². The number of aliphatic hydroxyl groups is 1. The average molecular weight is 276 g/mol. The molecule has 82 valence electrons. The van der Waals surface area contributed by atoms with Gasteiger partial charge in [-0.1, -0.05) is 6.07 Å². The molecule has 6 heteroatoms. The van der Waals surface area contributed by atoms with E-state index >= 15 is 0 Å². The first kappa shape index (κ1) is 11.9. The molecule has 0 spiro atoms. The van der Waals surface area contributed by atoms with Gasteiger partial charge in [-0.05, 0) is 22.0 Å². The van der Waals surface area contributed by atoms with Crippen LogP contribution in [0, 0.1) is 10.1 Å². The summed E-state index contributed by atoms with van der Waals surface area (Å²) < 4.78 is 5.58. The Labute approximate surface area is 95.0 Å². The van der Waals surface area contributed by atoms with Crippen LogP contribution < -0.4 is 4.74 Å². The molecule has 15 heavy (non-hydrogen) atoms. The van der Waals surface area contributed by atoms with Crippen molar-refractivity contribution >= 4 is 21.6 Å². The van der Waals surface area contributed by atoms with Crippen LogP contribution >= 0.6 is 15.9 Å². The fraction of sp³-hybridized carbons (Fsp3) is 0.333. The molecule has 0 radical (unpaired) electrons. The van der Waals surface area contributed by atoms with E-state index in [9.17, 15) is 10.1 Å². The van der Waals surface area contributed by atoms with Gasteiger partial charge in [0.05, 0.1) is 11.5 Å². The van der Waals surface area contributed by atoms with E-state index in [1.165, 1.54) is 6.07 Å². The summed E-state index contributed by atoms with van der Waals surface area (Å²) in [5, 5.41) is 19.1. The van der Waals surface area contributed by atoms with E-state index in [1.807, 2.05) is 0 Å². The molecule has 0 aromatic heterocycles. The van der Waals surface area contributed by atoms with Crippen molar-refractivity contribution < 1.29 is 14.8 Å². The Morgan fingerprint density at radius 3 is 2.87 bits per heavy atom. The van der Waals surface area contributed by atoms with Gasteiger partial charge in [-0.15, -0.1) is 0 Å². The van der Waals surface area contributed by atoms with Crippen molar-refractivity contribution in [2.24, 2.45) is 0 Å². The van der Waals surface area contributed by atoms with Gasteiger partial charge in [0.1, 0.15) is 10.2 Å². The Balaban J connectivity index is 2.80. The summed E-state index contributed by atoms with van der Waals surface area (Å²) in [6, 6.07) is 4.58. The van der Waals surface area contributed by atoms with Gasteiger partial charge in [0.2, 0.25) is 0 Å². The first-order valence-corrected chi connectivity index (χ1v) is 5.12. The molecule has 0 atom stereocenters. The van der Waals surface area contributed by atoms with Crippen molar-refractivity contribution in [3.63, 3.8) is 0 Å². The quantitative estimate of drug-likeness (QED) is 0.508. The molecule has 0 saturated heterocycles. The molecule has 1 N–H and O–H groups in total. The topological polar surface area (TPSA) is 72.6 Å². The molecular formula is C9H10BrNO4. The third-order valence-electron chi connectivity index (χ3n) is 1.70. The number of ether oxygens (including phenoxy) is 1. The number of halogens is 1. The first-order chi connectivity index (χ1) is 7.16. The highest BCUT2D eigenvalue weighted by Gasteiger charge is 2.15. The molecular weight excluding hydrogens is 266 g/mol. The highest BCUT2D eigenvalue weighted by molar-refractivity contribution is 9.10. The lowest BCUT2D eigenvalue weighted by Gasteiger charge is -2.06. The molecule has 0 unspecified atom stereocenters. The number of nitro groups is 1. The van der Waals surface area contributed by atoms with Crippen LogP contribution in [0.2, 0.25) is 0 Å². The molecule has 0 heterocycles. The predicted molar refractivity (Wildman–Crippen MR) is 58.0 cm³/mol. The average Bonchev–Trinajstić information content (AvgIpc) is 2.20. The van der Waals surface area contributed by atoms with Crippen LogP contribution in [-0.2, 0) is 0 Å². The predicted octanol–water partition coefficient (Wildman–Crippen LogP) is 2.12. The van der Waals surface area contributed by atoms with Crippen LogP contribution in [0.5, 0.6) is 5.75 Å². The molecule has 1 aromatic rings. The van der Waals surface area contributed by atoms with Crippen molar-refractivity contribution in [3.05, 3.63) is 32.8 Å². The van der Waals surface area contributed by atoms with E-state index in [1.54, 1.807) is 12.1 Å². The van der Waals surface area contributed by atoms with E-state index in [2.05, 4.69) is 15.9 Å². The van der Waals surface area contributed by atoms with E-state index in [0.717, 1.165) is 0 Å². The molecule has 0 aliphatic rings. The second kappa shape index (κ2) is 5.67. The van der Waals surface area contributed by atoms with E-state index in [0.29, 0.717) is 23.2 Å². The molecule has 0 aliphatic carbocycles. The van der Waals surface area contributed by atoms with Crippen molar-refractivity contribution in [3.8, 4) is 5.75 Å². The maximum atomic E-state index is 10.6. The minimum Gasteiger partial charge on any atom is -0.492 e. The van der Waals surface area contributed by atoms with Crippen LogP contribution in [0.3, 0.4) is 0 Å². The molecule has 5 nitrogen and oxygen atoms in total. The summed E-state index contributed by atoms with van der Waals surface area (Å²) in [4.78, 5) is 10.1. The van der Waals surface area contributed by atoms with Gasteiger partial charge in [0.15, 0.2) is 0 Å². The van der Waals surface area contributed by atoms with Crippen LogP contribution in [-0.4, -0.2) is 23.2 Å². The first-order valence-electron chi connectivity index (χ1n) is 4.33. The van der Waals surface area contributed by atoms with Crippen molar-refractivity contribution in [2.75, 3.05) is 13.2 Å². The number of nitrogens with zero attached hydrogens (tertiary/aromatic N) is 1. The maximum absolute atomic E-state index is 10.6. The Hall–Kier alpha value is -1.14. The lowest BCUT2D eigenvalue weighted by atomic mass is 10.3. The second-order valence-electron chi connectivity index (χ2n) is 2.77. The summed E-state index contributed by atoms with van der Waals surface area (Å²) in [5.41, 5.74) is -0.0310. The zero-order chi connectivity index (χ0) is 11.3. The molecule has 1 aromatic carbocycles. The monoisotopic (exact) mass is 275 g/mol. The molecule has 0 amide bonds. The normalized spacial score (nSPS) is 10.0.